The zero-order valence-electron chi connectivity index (χ0n) is 8.56. The molecule has 0 aliphatic carbocycles. The molecule has 0 fully saturated rings. The van der Waals surface area contributed by atoms with Crippen molar-refractivity contribution in [3.05, 3.63) is 17.0 Å². The highest BCUT2D eigenvalue weighted by atomic mass is 19.4. The lowest BCUT2D eigenvalue weighted by Gasteiger charge is -2.16. The first-order valence-electron chi connectivity index (χ1n) is 4.74. The highest BCUT2D eigenvalue weighted by Crippen LogP contribution is 2.27. The number of aromatic nitrogens is 2. The van der Waals surface area contributed by atoms with E-state index < -0.39 is 18.5 Å². The molecule has 1 aromatic rings. The van der Waals surface area contributed by atoms with Crippen LogP contribution in [-0.2, 0) is 17.9 Å². The largest absolute Gasteiger partial charge is 0.397 e. The molecule has 88 valence electrons. The highest BCUT2D eigenvalue weighted by Gasteiger charge is 2.36. The van der Waals surface area contributed by atoms with Crippen LogP contribution in [0.1, 0.15) is 23.4 Å². The summed E-state index contributed by atoms with van der Waals surface area (Å²) in [6.07, 6.45) is -5.85. The van der Waals surface area contributed by atoms with Gasteiger partial charge in [-0.3, -0.25) is 9.89 Å². The minimum absolute atomic E-state index is 0.161. The van der Waals surface area contributed by atoms with E-state index in [4.69, 9.17) is 0 Å². The van der Waals surface area contributed by atoms with Crippen LogP contribution in [0.25, 0.3) is 0 Å². The molecule has 1 N–H and O–H groups in total. The molecule has 0 saturated heterocycles. The van der Waals surface area contributed by atoms with Crippen molar-refractivity contribution in [3.8, 4) is 0 Å². The van der Waals surface area contributed by atoms with Gasteiger partial charge in [0.25, 0.3) is 0 Å². The standard InChI is InChI=1S/C9H10F3N3O/c1-5-6-3-15(4-7(6)14-13-5)8(16)2-9(10,11)12/h2-4H2,1H3,(H,13,14). The van der Waals surface area contributed by atoms with Gasteiger partial charge in [0, 0.05) is 17.8 Å². The van der Waals surface area contributed by atoms with E-state index in [1.54, 1.807) is 6.92 Å². The fourth-order valence-corrected chi connectivity index (χ4v) is 1.73. The molecule has 0 bridgehead atoms. The number of carbonyl (C=O) groups excluding carboxylic acids is 1. The molecule has 1 aliphatic heterocycles. The predicted molar refractivity (Wildman–Crippen MR) is 48.3 cm³/mol. The van der Waals surface area contributed by atoms with Crippen LogP contribution in [0.2, 0.25) is 0 Å². The zero-order valence-corrected chi connectivity index (χ0v) is 8.56. The quantitative estimate of drug-likeness (QED) is 0.799. The number of rotatable bonds is 1. The first-order chi connectivity index (χ1) is 7.37. The van der Waals surface area contributed by atoms with Gasteiger partial charge < -0.3 is 4.90 Å². The number of alkyl halides is 3. The van der Waals surface area contributed by atoms with Gasteiger partial charge in [0.2, 0.25) is 5.91 Å². The molecule has 0 aromatic carbocycles. The number of nitrogens with one attached hydrogen (secondary N) is 1. The average Bonchev–Trinajstić information content (AvgIpc) is 2.65. The van der Waals surface area contributed by atoms with Crippen molar-refractivity contribution >= 4 is 5.91 Å². The summed E-state index contributed by atoms with van der Waals surface area (Å²) in [5.41, 5.74) is 2.29. The van der Waals surface area contributed by atoms with Gasteiger partial charge in [-0.05, 0) is 6.92 Å². The minimum atomic E-state index is -4.45. The van der Waals surface area contributed by atoms with Crippen LogP contribution in [-0.4, -0.2) is 27.2 Å². The van der Waals surface area contributed by atoms with Crippen LogP contribution in [0.4, 0.5) is 13.2 Å². The van der Waals surface area contributed by atoms with Crippen LogP contribution in [0.15, 0.2) is 0 Å². The second-order valence-electron chi connectivity index (χ2n) is 3.82. The first-order valence-corrected chi connectivity index (χ1v) is 4.74. The molecule has 2 rings (SSSR count). The Morgan fingerprint density at radius 2 is 2.19 bits per heavy atom. The summed E-state index contributed by atoms with van der Waals surface area (Å²) in [6, 6.07) is 0. The molecule has 16 heavy (non-hydrogen) atoms. The summed E-state index contributed by atoms with van der Waals surface area (Å²) in [5, 5.41) is 6.66. The van der Waals surface area contributed by atoms with Crippen molar-refractivity contribution in [2.24, 2.45) is 0 Å². The molecule has 2 heterocycles. The Hall–Kier alpha value is -1.53. The fraction of sp³-hybridized carbons (Fsp3) is 0.556. The van der Waals surface area contributed by atoms with Crippen molar-refractivity contribution in [1.29, 1.82) is 0 Å². The first kappa shape index (κ1) is 11.0. The normalized spacial score (nSPS) is 15.4. The van der Waals surface area contributed by atoms with Crippen LogP contribution < -0.4 is 0 Å². The van der Waals surface area contributed by atoms with E-state index in [0.29, 0.717) is 5.69 Å². The molecule has 7 heteroatoms. The SMILES string of the molecule is Cc1[nH]nc2c1CN(C(=O)CC(F)(F)F)C2. The van der Waals surface area contributed by atoms with E-state index in [9.17, 15) is 18.0 Å². The number of nitrogens with zero attached hydrogens (tertiary/aromatic N) is 2. The maximum absolute atomic E-state index is 12.0. The third-order valence-corrected chi connectivity index (χ3v) is 2.55. The van der Waals surface area contributed by atoms with Gasteiger partial charge in [-0.2, -0.15) is 18.3 Å². The Balaban J connectivity index is 2.04. The predicted octanol–water partition coefficient (Wildman–Crippen LogP) is 1.51. The number of hydrogen-bond acceptors (Lipinski definition) is 2. The van der Waals surface area contributed by atoms with Gasteiger partial charge in [-0.15, -0.1) is 0 Å². The topological polar surface area (TPSA) is 49.0 Å². The number of H-pyrrole nitrogens is 1. The lowest BCUT2D eigenvalue weighted by atomic mass is 10.2. The number of aryl methyl sites for hydroxylation is 1. The number of fused-ring (bicyclic) bond motifs is 1. The van der Waals surface area contributed by atoms with Crippen molar-refractivity contribution in [3.63, 3.8) is 0 Å². The molecule has 0 atom stereocenters. The van der Waals surface area contributed by atoms with Crippen molar-refractivity contribution in [2.75, 3.05) is 0 Å². The van der Waals surface area contributed by atoms with E-state index in [2.05, 4.69) is 10.2 Å². The van der Waals surface area contributed by atoms with Gasteiger partial charge in [0.1, 0.15) is 6.42 Å². The molecular weight excluding hydrogens is 223 g/mol. The van der Waals surface area contributed by atoms with Gasteiger partial charge in [0.15, 0.2) is 0 Å². The van der Waals surface area contributed by atoms with Crippen molar-refractivity contribution < 1.29 is 18.0 Å². The van der Waals surface area contributed by atoms with Crippen LogP contribution in [0.5, 0.6) is 0 Å². The number of halogens is 3. The van der Waals surface area contributed by atoms with Crippen molar-refractivity contribution in [1.82, 2.24) is 15.1 Å². The Labute approximate surface area is 89.4 Å². The van der Waals surface area contributed by atoms with E-state index >= 15 is 0 Å². The third-order valence-electron chi connectivity index (χ3n) is 2.55. The van der Waals surface area contributed by atoms with E-state index in [-0.39, 0.29) is 13.1 Å². The Kier molecular flexibility index (Phi) is 2.40. The summed E-state index contributed by atoms with van der Waals surface area (Å²) in [5.74, 6) is -0.898. The number of hydrogen-bond donors (Lipinski definition) is 1. The molecule has 1 aromatic heterocycles. The average molecular weight is 233 g/mol. The van der Waals surface area contributed by atoms with E-state index in [1.807, 2.05) is 0 Å². The summed E-state index contributed by atoms with van der Waals surface area (Å²) < 4.78 is 36.1. The minimum Gasteiger partial charge on any atom is -0.332 e. The van der Waals surface area contributed by atoms with Gasteiger partial charge in [-0.1, -0.05) is 0 Å². The molecule has 0 unspecified atom stereocenters. The van der Waals surface area contributed by atoms with Gasteiger partial charge in [0.05, 0.1) is 12.2 Å². The summed E-state index contributed by atoms with van der Waals surface area (Å²) in [7, 11) is 0. The molecule has 0 spiro atoms. The highest BCUT2D eigenvalue weighted by molar-refractivity contribution is 5.77. The summed E-state index contributed by atoms with van der Waals surface area (Å²) in [6.45, 7) is 2.16. The lowest BCUT2D eigenvalue weighted by molar-refractivity contribution is -0.161. The monoisotopic (exact) mass is 233 g/mol. The van der Waals surface area contributed by atoms with Gasteiger partial charge in [-0.25, -0.2) is 0 Å². The fourth-order valence-electron chi connectivity index (χ4n) is 1.73. The molecular formula is C9H10F3N3O. The van der Waals surface area contributed by atoms with E-state index in [0.717, 1.165) is 11.3 Å². The van der Waals surface area contributed by atoms with Crippen molar-refractivity contribution in [2.45, 2.75) is 32.6 Å². The molecule has 4 nitrogen and oxygen atoms in total. The maximum atomic E-state index is 12.0. The molecule has 0 saturated carbocycles. The number of aromatic amines is 1. The van der Waals surface area contributed by atoms with Crippen LogP contribution in [0, 0.1) is 6.92 Å². The Morgan fingerprint density at radius 3 is 2.75 bits per heavy atom. The van der Waals surface area contributed by atoms with Crippen LogP contribution in [0.3, 0.4) is 0 Å². The summed E-state index contributed by atoms with van der Waals surface area (Å²) in [4.78, 5) is 12.5. The number of carbonyl (C=O) groups is 1. The second kappa shape index (κ2) is 3.50. The second-order valence-corrected chi connectivity index (χ2v) is 3.82. The smallest absolute Gasteiger partial charge is 0.332 e. The number of amides is 1. The van der Waals surface area contributed by atoms with Gasteiger partial charge >= 0.3 is 6.18 Å². The molecule has 1 aliphatic rings. The molecule has 1 amide bonds. The molecule has 0 radical (unpaired) electrons. The van der Waals surface area contributed by atoms with Crippen LogP contribution >= 0.6 is 0 Å². The van der Waals surface area contributed by atoms with E-state index in [1.165, 1.54) is 4.90 Å². The Morgan fingerprint density at radius 1 is 1.50 bits per heavy atom. The zero-order chi connectivity index (χ0) is 11.9. The summed E-state index contributed by atoms with van der Waals surface area (Å²) >= 11 is 0. The lowest BCUT2D eigenvalue weighted by Crippen LogP contribution is -2.30. The third kappa shape index (κ3) is 2.02. The Bertz CT molecular complexity index is 424. The maximum Gasteiger partial charge on any atom is 0.397 e.